The van der Waals surface area contributed by atoms with Gasteiger partial charge in [0.15, 0.2) is 0 Å². The Hall–Kier alpha value is -1.06. The van der Waals surface area contributed by atoms with Crippen molar-refractivity contribution in [2.75, 3.05) is 6.61 Å². The monoisotopic (exact) mass is 207 g/mol. The van der Waals surface area contributed by atoms with Gasteiger partial charge < -0.3 is 9.57 Å². The molecule has 0 saturated heterocycles. The zero-order valence-corrected chi connectivity index (χ0v) is 9.41. The fraction of sp³-hybridized carbons (Fsp3) is 0.500. The van der Waals surface area contributed by atoms with E-state index in [1.165, 1.54) is 0 Å². The first kappa shape index (κ1) is 10.5. The van der Waals surface area contributed by atoms with Crippen LogP contribution < -0.4 is 10.2 Å². The number of benzene rings is 1. The molecule has 1 aromatic carbocycles. The number of ether oxygens (including phenoxy) is 1. The van der Waals surface area contributed by atoms with Crippen LogP contribution in [0.1, 0.15) is 32.4 Å². The molecule has 1 aliphatic rings. The summed E-state index contributed by atoms with van der Waals surface area (Å²) in [4.78, 5) is 5.28. The summed E-state index contributed by atoms with van der Waals surface area (Å²) >= 11 is 0. The lowest BCUT2D eigenvalue weighted by Crippen LogP contribution is -2.39. The molecule has 1 atom stereocenters. The highest BCUT2D eigenvalue weighted by atomic mass is 16.6. The number of nitrogens with one attached hydrogen (secondary N) is 1. The Labute approximate surface area is 90.3 Å². The van der Waals surface area contributed by atoms with Gasteiger partial charge in [-0.15, -0.1) is 0 Å². The van der Waals surface area contributed by atoms with E-state index in [2.05, 4.69) is 25.4 Å². The highest BCUT2D eigenvalue weighted by Crippen LogP contribution is 2.42. The Morgan fingerprint density at radius 3 is 2.87 bits per heavy atom. The second-order valence-electron chi connectivity index (χ2n) is 4.23. The number of hydroxylamine groups is 1. The van der Waals surface area contributed by atoms with Gasteiger partial charge in [0.1, 0.15) is 11.4 Å². The van der Waals surface area contributed by atoms with Crippen molar-refractivity contribution in [1.29, 1.82) is 0 Å². The van der Waals surface area contributed by atoms with Crippen molar-refractivity contribution >= 4 is 0 Å². The van der Waals surface area contributed by atoms with Crippen LogP contribution in [0.3, 0.4) is 0 Å². The summed E-state index contributed by atoms with van der Waals surface area (Å²) in [5, 5.41) is 0. The molecule has 0 radical (unpaired) electrons. The molecule has 0 bridgehead atoms. The maximum absolute atomic E-state index is 5.86. The van der Waals surface area contributed by atoms with Crippen LogP contribution in [-0.2, 0) is 4.84 Å². The summed E-state index contributed by atoms with van der Waals surface area (Å²) in [5.41, 5.74) is 3.95. The summed E-state index contributed by atoms with van der Waals surface area (Å²) in [6, 6.07) is 8.15. The summed E-state index contributed by atoms with van der Waals surface area (Å²) in [6.07, 6.45) is 0. The third-order valence-electron chi connectivity index (χ3n) is 2.64. The number of para-hydroxylation sites is 1. The number of fused-ring (bicyclic) bond motifs is 1. The summed E-state index contributed by atoms with van der Waals surface area (Å²) in [6.45, 7) is 6.73. The number of hydrogen-bond donors (Lipinski definition) is 1. The van der Waals surface area contributed by atoms with Crippen molar-refractivity contribution in [2.24, 2.45) is 0 Å². The maximum Gasteiger partial charge on any atom is 0.125 e. The fourth-order valence-corrected chi connectivity index (χ4v) is 1.90. The second-order valence-corrected chi connectivity index (χ2v) is 4.23. The lowest BCUT2D eigenvalue weighted by atomic mass is 9.95. The molecule has 0 fully saturated rings. The molecule has 3 heteroatoms. The van der Waals surface area contributed by atoms with Crippen LogP contribution >= 0.6 is 0 Å². The minimum atomic E-state index is -0.265. The van der Waals surface area contributed by atoms with Gasteiger partial charge in [-0.2, -0.15) is 5.48 Å². The molecule has 1 aromatic rings. The van der Waals surface area contributed by atoms with Crippen LogP contribution in [0.2, 0.25) is 0 Å². The van der Waals surface area contributed by atoms with Gasteiger partial charge in [0.2, 0.25) is 0 Å². The van der Waals surface area contributed by atoms with Crippen LogP contribution in [0.4, 0.5) is 0 Å². The minimum absolute atomic E-state index is 0.0913. The lowest BCUT2D eigenvalue weighted by molar-refractivity contribution is -0.0262. The van der Waals surface area contributed by atoms with Crippen molar-refractivity contribution in [2.45, 2.75) is 32.4 Å². The summed E-state index contributed by atoms with van der Waals surface area (Å²) < 4.78 is 5.86. The third kappa shape index (κ3) is 1.85. The first-order chi connectivity index (χ1) is 7.15. The molecule has 0 amide bonds. The molecule has 0 saturated carbocycles. The van der Waals surface area contributed by atoms with Crippen LogP contribution in [0, 0.1) is 0 Å². The van der Waals surface area contributed by atoms with E-state index in [1.54, 1.807) is 0 Å². The van der Waals surface area contributed by atoms with Gasteiger partial charge in [-0.25, -0.2) is 0 Å². The molecule has 0 aromatic heterocycles. The molecule has 1 heterocycles. The van der Waals surface area contributed by atoms with Crippen molar-refractivity contribution < 1.29 is 9.57 Å². The zero-order chi connectivity index (χ0) is 10.9. The SMILES string of the molecule is CCONC1c2ccccc2OC1(C)C. The number of rotatable bonds is 3. The van der Waals surface area contributed by atoms with E-state index in [9.17, 15) is 0 Å². The van der Waals surface area contributed by atoms with E-state index in [-0.39, 0.29) is 11.6 Å². The van der Waals surface area contributed by atoms with Gasteiger partial charge in [-0.05, 0) is 26.8 Å². The minimum Gasteiger partial charge on any atom is -0.485 e. The average molecular weight is 207 g/mol. The standard InChI is InChI=1S/C12H17NO2/c1-4-14-13-11-9-7-5-6-8-10(9)15-12(11,2)3/h5-8,11,13H,4H2,1-3H3. The second kappa shape index (κ2) is 3.83. The maximum atomic E-state index is 5.86. The predicted octanol–water partition coefficient (Wildman–Crippen LogP) is 2.44. The highest BCUT2D eigenvalue weighted by Gasteiger charge is 2.41. The van der Waals surface area contributed by atoms with Gasteiger partial charge in [-0.3, -0.25) is 0 Å². The normalized spacial score (nSPS) is 22.2. The Balaban J connectivity index is 2.26. The van der Waals surface area contributed by atoms with Gasteiger partial charge in [0, 0.05) is 5.56 Å². The van der Waals surface area contributed by atoms with Crippen molar-refractivity contribution in [3.63, 3.8) is 0 Å². The van der Waals surface area contributed by atoms with Crippen molar-refractivity contribution in [3.05, 3.63) is 29.8 Å². The van der Waals surface area contributed by atoms with E-state index in [0.717, 1.165) is 11.3 Å². The summed E-state index contributed by atoms with van der Waals surface area (Å²) in [7, 11) is 0. The molecule has 1 aliphatic heterocycles. The topological polar surface area (TPSA) is 30.5 Å². The van der Waals surface area contributed by atoms with Crippen LogP contribution in [0.15, 0.2) is 24.3 Å². The Morgan fingerprint density at radius 1 is 1.40 bits per heavy atom. The van der Waals surface area contributed by atoms with Crippen LogP contribution in [-0.4, -0.2) is 12.2 Å². The Kier molecular flexibility index (Phi) is 2.67. The third-order valence-corrected chi connectivity index (χ3v) is 2.64. The molecule has 0 spiro atoms. The predicted molar refractivity (Wildman–Crippen MR) is 58.7 cm³/mol. The quantitative estimate of drug-likeness (QED) is 0.772. The van der Waals surface area contributed by atoms with Gasteiger partial charge in [0.05, 0.1) is 12.6 Å². The van der Waals surface area contributed by atoms with Gasteiger partial charge in [-0.1, -0.05) is 18.2 Å². The molecule has 15 heavy (non-hydrogen) atoms. The van der Waals surface area contributed by atoms with Crippen LogP contribution in [0.5, 0.6) is 5.75 Å². The van der Waals surface area contributed by atoms with E-state index in [4.69, 9.17) is 9.57 Å². The van der Waals surface area contributed by atoms with E-state index >= 15 is 0 Å². The lowest BCUT2D eigenvalue weighted by Gasteiger charge is -2.26. The molecule has 2 rings (SSSR count). The molecule has 0 aliphatic carbocycles. The molecule has 1 unspecified atom stereocenters. The smallest absolute Gasteiger partial charge is 0.125 e. The first-order valence-corrected chi connectivity index (χ1v) is 5.30. The van der Waals surface area contributed by atoms with Crippen molar-refractivity contribution in [3.8, 4) is 5.75 Å². The molecule has 3 nitrogen and oxygen atoms in total. The Morgan fingerprint density at radius 2 is 2.13 bits per heavy atom. The van der Waals surface area contributed by atoms with Crippen molar-refractivity contribution in [1.82, 2.24) is 5.48 Å². The number of hydrogen-bond acceptors (Lipinski definition) is 3. The van der Waals surface area contributed by atoms with E-state index in [1.807, 2.05) is 25.1 Å². The average Bonchev–Trinajstić information content (AvgIpc) is 2.45. The van der Waals surface area contributed by atoms with Gasteiger partial charge in [0.25, 0.3) is 0 Å². The Bertz CT molecular complexity index is 349. The molecular weight excluding hydrogens is 190 g/mol. The molecule has 1 N–H and O–H groups in total. The van der Waals surface area contributed by atoms with Crippen LogP contribution in [0.25, 0.3) is 0 Å². The highest BCUT2D eigenvalue weighted by molar-refractivity contribution is 5.41. The largest absolute Gasteiger partial charge is 0.485 e. The molecule has 82 valence electrons. The van der Waals surface area contributed by atoms with E-state index in [0.29, 0.717) is 6.61 Å². The zero-order valence-electron chi connectivity index (χ0n) is 9.41. The first-order valence-electron chi connectivity index (χ1n) is 5.30. The fourth-order valence-electron chi connectivity index (χ4n) is 1.90. The van der Waals surface area contributed by atoms with Gasteiger partial charge >= 0.3 is 0 Å². The van der Waals surface area contributed by atoms with E-state index < -0.39 is 0 Å². The molecular formula is C12H17NO2. The summed E-state index contributed by atoms with van der Waals surface area (Å²) in [5.74, 6) is 0.944.